The Morgan fingerprint density at radius 1 is 1.69 bits per heavy atom. The van der Waals surface area contributed by atoms with Crippen LogP contribution < -0.4 is 5.32 Å². The molecule has 0 radical (unpaired) electrons. The van der Waals surface area contributed by atoms with Crippen LogP contribution in [0.4, 0.5) is 0 Å². The fourth-order valence-electron chi connectivity index (χ4n) is 1.21. The smallest absolute Gasteiger partial charge is 0.221 e. The average molecular weight is 181 g/mol. The predicted molar refractivity (Wildman–Crippen MR) is 50.3 cm³/mol. The van der Waals surface area contributed by atoms with Crippen molar-refractivity contribution in [1.82, 2.24) is 14.9 Å². The Balaban J connectivity index is 2.49. The Morgan fingerprint density at radius 3 is 3.08 bits per heavy atom. The Bertz CT molecular complexity index is 280. The Kier molecular flexibility index (Phi) is 3.49. The van der Waals surface area contributed by atoms with E-state index in [-0.39, 0.29) is 5.91 Å². The van der Waals surface area contributed by atoms with Gasteiger partial charge in [-0.05, 0) is 0 Å². The Labute approximate surface area is 78.0 Å². The molecule has 0 saturated carbocycles. The lowest BCUT2D eigenvalue weighted by atomic mass is 10.3. The minimum Gasteiger partial charge on any atom is -0.359 e. The third-order valence-corrected chi connectivity index (χ3v) is 1.98. The van der Waals surface area contributed by atoms with E-state index >= 15 is 0 Å². The van der Waals surface area contributed by atoms with Crippen LogP contribution in [0.25, 0.3) is 0 Å². The first-order valence-electron chi connectivity index (χ1n) is 4.48. The van der Waals surface area contributed by atoms with Gasteiger partial charge in [-0.3, -0.25) is 4.79 Å². The van der Waals surface area contributed by atoms with Crippen LogP contribution in [0.15, 0.2) is 12.4 Å². The lowest BCUT2D eigenvalue weighted by molar-refractivity contribution is -0.120. The highest BCUT2D eigenvalue weighted by Gasteiger charge is 2.02. The van der Waals surface area contributed by atoms with Crippen LogP contribution >= 0.6 is 0 Å². The molecule has 1 aromatic rings. The van der Waals surface area contributed by atoms with E-state index in [0.717, 1.165) is 12.2 Å². The fraction of sp³-hybridized carbons (Fsp3) is 0.556. The highest BCUT2D eigenvalue weighted by molar-refractivity contribution is 5.75. The van der Waals surface area contributed by atoms with Gasteiger partial charge in [0, 0.05) is 38.8 Å². The number of carbonyl (C=O) groups is 1. The maximum Gasteiger partial charge on any atom is 0.221 e. The molecule has 1 rings (SSSR count). The van der Waals surface area contributed by atoms with Gasteiger partial charge in [0.15, 0.2) is 0 Å². The number of imidazole rings is 1. The number of amides is 1. The van der Waals surface area contributed by atoms with Crippen LogP contribution in [-0.4, -0.2) is 22.5 Å². The summed E-state index contributed by atoms with van der Waals surface area (Å²) in [5.41, 5.74) is 0. The summed E-state index contributed by atoms with van der Waals surface area (Å²) in [7, 11) is 1.65. The summed E-state index contributed by atoms with van der Waals surface area (Å²) in [6.07, 6.45) is 5.09. The maximum absolute atomic E-state index is 11.0. The van der Waals surface area contributed by atoms with Gasteiger partial charge in [0.25, 0.3) is 0 Å². The quantitative estimate of drug-likeness (QED) is 0.738. The van der Waals surface area contributed by atoms with Crippen molar-refractivity contribution in [3.05, 3.63) is 18.2 Å². The topological polar surface area (TPSA) is 46.9 Å². The van der Waals surface area contributed by atoms with Crippen molar-refractivity contribution in [2.45, 2.75) is 26.3 Å². The molecule has 13 heavy (non-hydrogen) atoms. The summed E-state index contributed by atoms with van der Waals surface area (Å²) < 4.78 is 2.01. The summed E-state index contributed by atoms with van der Waals surface area (Å²) in [5, 5.41) is 2.59. The molecule has 1 aromatic heterocycles. The molecule has 0 spiro atoms. The zero-order valence-corrected chi connectivity index (χ0v) is 8.08. The first kappa shape index (κ1) is 9.77. The van der Waals surface area contributed by atoms with Crippen molar-refractivity contribution < 1.29 is 4.79 Å². The van der Waals surface area contributed by atoms with Crippen molar-refractivity contribution >= 4 is 5.91 Å². The van der Waals surface area contributed by atoms with Crippen LogP contribution in [0, 0.1) is 0 Å². The van der Waals surface area contributed by atoms with E-state index in [0.29, 0.717) is 13.0 Å². The first-order valence-corrected chi connectivity index (χ1v) is 4.48. The first-order chi connectivity index (χ1) is 6.27. The summed E-state index contributed by atoms with van der Waals surface area (Å²) >= 11 is 0. The fourth-order valence-corrected chi connectivity index (χ4v) is 1.21. The summed E-state index contributed by atoms with van der Waals surface area (Å²) in [6, 6.07) is 0. The van der Waals surface area contributed by atoms with Crippen LogP contribution in [0.5, 0.6) is 0 Å². The van der Waals surface area contributed by atoms with Gasteiger partial charge >= 0.3 is 0 Å². The highest BCUT2D eigenvalue weighted by atomic mass is 16.1. The van der Waals surface area contributed by atoms with E-state index in [2.05, 4.69) is 17.2 Å². The Hall–Kier alpha value is -1.32. The second kappa shape index (κ2) is 4.64. The number of nitrogens with zero attached hydrogens (tertiary/aromatic N) is 2. The van der Waals surface area contributed by atoms with E-state index in [1.54, 1.807) is 13.2 Å². The van der Waals surface area contributed by atoms with E-state index < -0.39 is 0 Å². The molecule has 0 saturated heterocycles. The number of carbonyl (C=O) groups excluding carboxylic acids is 1. The summed E-state index contributed by atoms with van der Waals surface area (Å²) in [4.78, 5) is 15.1. The van der Waals surface area contributed by atoms with Gasteiger partial charge in [-0.25, -0.2) is 4.98 Å². The molecule has 1 heterocycles. The molecule has 4 heteroatoms. The monoisotopic (exact) mass is 181 g/mol. The van der Waals surface area contributed by atoms with Crippen molar-refractivity contribution in [3.8, 4) is 0 Å². The molecule has 0 aliphatic carbocycles. The van der Waals surface area contributed by atoms with Gasteiger partial charge in [0.1, 0.15) is 5.82 Å². The van der Waals surface area contributed by atoms with Gasteiger partial charge in [0.2, 0.25) is 5.91 Å². The lowest BCUT2D eigenvalue weighted by Crippen LogP contribution is -2.19. The van der Waals surface area contributed by atoms with Crippen molar-refractivity contribution in [1.29, 1.82) is 0 Å². The second-order valence-electron chi connectivity index (χ2n) is 2.81. The summed E-state index contributed by atoms with van der Waals surface area (Å²) in [6.45, 7) is 2.77. The number of nitrogens with one attached hydrogen (secondary N) is 1. The normalized spacial score (nSPS) is 10.0. The molecular weight excluding hydrogens is 166 g/mol. The minimum atomic E-state index is 0.0655. The molecular formula is C9H15N3O. The number of hydrogen-bond acceptors (Lipinski definition) is 2. The molecule has 0 aliphatic rings. The highest BCUT2D eigenvalue weighted by Crippen LogP contribution is 1.99. The molecule has 0 aliphatic heterocycles. The maximum atomic E-state index is 11.0. The molecule has 1 amide bonds. The Morgan fingerprint density at radius 2 is 2.46 bits per heavy atom. The third-order valence-electron chi connectivity index (χ3n) is 1.98. The van der Waals surface area contributed by atoms with Crippen molar-refractivity contribution in [3.63, 3.8) is 0 Å². The largest absolute Gasteiger partial charge is 0.359 e. The molecule has 0 aromatic carbocycles. The van der Waals surface area contributed by atoms with Crippen LogP contribution in [0.2, 0.25) is 0 Å². The molecule has 0 bridgehead atoms. The number of aryl methyl sites for hydroxylation is 2. The van der Waals surface area contributed by atoms with E-state index in [1.165, 1.54) is 0 Å². The van der Waals surface area contributed by atoms with Crippen LogP contribution in [0.3, 0.4) is 0 Å². The van der Waals surface area contributed by atoms with E-state index in [9.17, 15) is 4.79 Å². The number of aromatic nitrogens is 2. The molecule has 0 fully saturated rings. The van der Waals surface area contributed by atoms with Gasteiger partial charge < -0.3 is 9.88 Å². The molecule has 72 valence electrons. The SMILES string of the molecule is CCc1nccn1CCC(=O)NC. The zero-order valence-electron chi connectivity index (χ0n) is 8.08. The molecule has 4 nitrogen and oxygen atoms in total. The van der Waals surface area contributed by atoms with Crippen molar-refractivity contribution in [2.24, 2.45) is 0 Å². The van der Waals surface area contributed by atoms with Gasteiger partial charge in [-0.2, -0.15) is 0 Å². The van der Waals surface area contributed by atoms with Crippen LogP contribution in [0.1, 0.15) is 19.2 Å². The summed E-state index contributed by atoms with van der Waals surface area (Å²) in [5.74, 6) is 1.10. The van der Waals surface area contributed by atoms with Crippen molar-refractivity contribution in [2.75, 3.05) is 7.05 Å². The van der Waals surface area contributed by atoms with Gasteiger partial charge in [-0.1, -0.05) is 6.92 Å². The molecule has 0 atom stereocenters. The third kappa shape index (κ3) is 2.57. The standard InChI is InChI=1S/C9H15N3O/c1-3-8-11-5-7-12(8)6-4-9(13)10-2/h5,7H,3-4,6H2,1-2H3,(H,10,13). The van der Waals surface area contributed by atoms with Gasteiger partial charge in [-0.15, -0.1) is 0 Å². The van der Waals surface area contributed by atoms with E-state index in [4.69, 9.17) is 0 Å². The average Bonchev–Trinajstić information content (AvgIpc) is 2.61. The molecule has 0 unspecified atom stereocenters. The van der Waals surface area contributed by atoms with Crippen LogP contribution in [-0.2, 0) is 17.8 Å². The number of hydrogen-bond donors (Lipinski definition) is 1. The minimum absolute atomic E-state index is 0.0655. The van der Waals surface area contributed by atoms with Gasteiger partial charge in [0.05, 0.1) is 0 Å². The predicted octanol–water partition coefficient (Wildman–Crippen LogP) is 0.582. The molecule has 1 N–H and O–H groups in total. The second-order valence-corrected chi connectivity index (χ2v) is 2.81. The number of rotatable bonds is 4. The lowest BCUT2D eigenvalue weighted by Gasteiger charge is -2.04. The zero-order chi connectivity index (χ0) is 9.68. The van der Waals surface area contributed by atoms with E-state index in [1.807, 2.05) is 10.8 Å².